The Kier molecular flexibility index (Phi) is 3.76. The quantitative estimate of drug-likeness (QED) is 0.749. The third-order valence-corrected chi connectivity index (χ3v) is 3.72. The average molecular weight is 285 g/mol. The maximum Gasteiger partial charge on any atom is 0.374 e. The molecule has 6 heteroatoms. The molecule has 1 N–H and O–H groups in total. The van der Waals surface area contributed by atoms with Gasteiger partial charge in [-0.3, -0.25) is 0 Å². The molecule has 0 spiro atoms. The highest BCUT2D eigenvalue weighted by molar-refractivity contribution is 8.21. The fraction of sp³-hybridized carbons (Fsp3) is 0.0714. The van der Waals surface area contributed by atoms with Crippen molar-refractivity contribution in [1.82, 2.24) is 9.55 Å². The summed E-state index contributed by atoms with van der Waals surface area (Å²) < 4.78 is 15.5. The van der Waals surface area contributed by atoms with Gasteiger partial charge < -0.3 is 9.59 Å². The molecule has 1 radical (unpaired) electrons. The second kappa shape index (κ2) is 5.69. The van der Waals surface area contributed by atoms with Crippen LogP contribution in [0.25, 0.3) is 11.0 Å². The van der Waals surface area contributed by atoms with E-state index in [0.29, 0.717) is 17.6 Å². The van der Waals surface area contributed by atoms with Gasteiger partial charge in [0.15, 0.2) is 0 Å². The van der Waals surface area contributed by atoms with Gasteiger partial charge in [-0.15, -0.1) is 11.6 Å². The van der Waals surface area contributed by atoms with Crippen LogP contribution in [0, 0.1) is 5.82 Å². The molecule has 0 aliphatic rings. The lowest BCUT2D eigenvalue weighted by atomic mass is 10.2. The monoisotopic (exact) mass is 285 g/mol. The van der Waals surface area contributed by atoms with Crippen LogP contribution in [-0.4, -0.2) is 21.3 Å². The van der Waals surface area contributed by atoms with Crippen molar-refractivity contribution in [3.05, 3.63) is 60.2 Å². The Labute approximate surface area is 120 Å². The third-order valence-electron chi connectivity index (χ3n) is 3.07. The second-order valence-corrected chi connectivity index (χ2v) is 5.26. The van der Waals surface area contributed by atoms with Crippen LogP contribution >= 0.6 is 11.6 Å². The van der Waals surface area contributed by atoms with Crippen LogP contribution in [0.15, 0.2) is 53.7 Å². The van der Waals surface area contributed by atoms with Gasteiger partial charge in [-0.05, 0) is 34.7 Å². The zero-order chi connectivity index (χ0) is 13.9. The van der Waals surface area contributed by atoms with Crippen molar-refractivity contribution in [2.45, 2.75) is 11.4 Å². The molecule has 99 valence electrons. The Balaban J connectivity index is 1.87. The maximum atomic E-state index is 13.6. The van der Waals surface area contributed by atoms with Crippen LogP contribution in [0.1, 0.15) is 5.56 Å². The predicted octanol–water partition coefficient (Wildman–Crippen LogP) is 2.84. The van der Waals surface area contributed by atoms with Gasteiger partial charge in [-0.25, -0.2) is 9.37 Å². The maximum absolute atomic E-state index is 13.6. The Bertz CT molecular complexity index is 730. The van der Waals surface area contributed by atoms with Crippen molar-refractivity contribution in [3.63, 3.8) is 0 Å². The summed E-state index contributed by atoms with van der Waals surface area (Å²) in [6, 6.07) is 10.9. The van der Waals surface area contributed by atoms with E-state index in [1.54, 1.807) is 6.07 Å². The Hall–Kier alpha value is -1.79. The third kappa shape index (κ3) is 2.57. The minimum atomic E-state index is -0.251. The van der Waals surface area contributed by atoms with Crippen LogP contribution in [0.4, 0.5) is 4.39 Å². The predicted molar refractivity (Wildman–Crippen MR) is 79.1 cm³/mol. The SMILES string of the molecule is O[B]Sc1ccc(Cn2ccc3c(F)ccnc32)cc1. The lowest BCUT2D eigenvalue weighted by Crippen LogP contribution is -1.99. The van der Waals surface area contributed by atoms with E-state index in [1.165, 1.54) is 23.9 Å². The summed E-state index contributed by atoms with van der Waals surface area (Å²) in [4.78, 5) is 5.20. The van der Waals surface area contributed by atoms with Crippen molar-refractivity contribution in [1.29, 1.82) is 0 Å². The van der Waals surface area contributed by atoms with E-state index < -0.39 is 0 Å². The molecule has 0 saturated carbocycles. The van der Waals surface area contributed by atoms with Gasteiger partial charge in [0.05, 0.1) is 5.39 Å². The summed E-state index contributed by atoms with van der Waals surface area (Å²) in [6.07, 6.45) is 3.32. The van der Waals surface area contributed by atoms with E-state index >= 15 is 0 Å². The first-order valence-electron chi connectivity index (χ1n) is 6.09. The number of hydrogen-bond donors (Lipinski definition) is 1. The van der Waals surface area contributed by atoms with E-state index in [9.17, 15) is 4.39 Å². The van der Waals surface area contributed by atoms with Gasteiger partial charge in [-0.1, -0.05) is 12.1 Å². The van der Waals surface area contributed by atoms with E-state index in [2.05, 4.69) is 4.98 Å². The standard InChI is InChI=1S/C14H11BFN2OS/c16-13-5-7-17-14-12(13)6-8-18(14)9-10-1-3-11(4-2-10)20-15-19/h1-8,19H,9H2. The Morgan fingerprint density at radius 1 is 1.20 bits per heavy atom. The first kappa shape index (κ1) is 13.2. The molecule has 2 heterocycles. The zero-order valence-electron chi connectivity index (χ0n) is 10.5. The summed E-state index contributed by atoms with van der Waals surface area (Å²) in [7, 11) is 0. The summed E-state index contributed by atoms with van der Waals surface area (Å²) >= 11 is 1.26. The first-order chi connectivity index (χ1) is 9.78. The second-order valence-electron chi connectivity index (χ2n) is 4.34. The van der Waals surface area contributed by atoms with Crippen molar-refractivity contribution in [2.75, 3.05) is 0 Å². The highest BCUT2D eigenvalue weighted by Gasteiger charge is 2.07. The van der Waals surface area contributed by atoms with Crippen molar-refractivity contribution >= 4 is 29.4 Å². The van der Waals surface area contributed by atoms with Crippen LogP contribution in [-0.2, 0) is 6.54 Å². The van der Waals surface area contributed by atoms with Crippen molar-refractivity contribution < 1.29 is 9.41 Å². The van der Waals surface area contributed by atoms with Crippen molar-refractivity contribution in [2.24, 2.45) is 0 Å². The highest BCUT2D eigenvalue weighted by Crippen LogP contribution is 2.20. The summed E-state index contributed by atoms with van der Waals surface area (Å²) in [5, 5.41) is 9.27. The van der Waals surface area contributed by atoms with Crippen molar-refractivity contribution in [3.8, 4) is 0 Å². The molecule has 0 amide bonds. The average Bonchev–Trinajstić information content (AvgIpc) is 2.86. The van der Waals surface area contributed by atoms with Crippen LogP contribution < -0.4 is 0 Å². The lowest BCUT2D eigenvalue weighted by Gasteiger charge is -2.06. The zero-order valence-corrected chi connectivity index (χ0v) is 11.3. The minimum absolute atomic E-state index is 0.251. The smallest absolute Gasteiger partial charge is 0.374 e. The van der Waals surface area contributed by atoms with Crippen LogP contribution in [0.3, 0.4) is 0 Å². The van der Waals surface area contributed by atoms with Gasteiger partial charge in [0, 0.05) is 18.9 Å². The highest BCUT2D eigenvalue weighted by atomic mass is 32.2. The largest absolute Gasteiger partial charge is 0.444 e. The first-order valence-corrected chi connectivity index (χ1v) is 6.97. The Morgan fingerprint density at radius 3 is 2.75 bits per heavy atom. The summed E-state index contributed by atoms with van der Waals surface area (Å²) in [5.74, 6) is -0.251. The number of benzene rings is 1. The fourth-order valence-corrected chi connectivity index (χ4v) is 2.53. The number of pyridine rings is 1. The molecule has 3 aromatic rings. The molecule has 2 aromatic heterocycles. The number of fused-ring (bicyclic) bond motifs is 1. The normalized spacial score (nSPS) is 10.9. The number of rotatable bonds is 4. The molecule has 20 heavy (non-hydrogen) atoms. The molecule has 0 aliphatic heterocycles. The topological polar surface area (TPSA) is 38.0 Å². The number of hydrogen-bond acceptors (Lipinski definition) is 3. The molecule has 0 bridgehead atoms. The number of nitrogens with zero attached hydrogens (tertiary/aromatic N) is 2. The molecule has 0 saturated heterocycles. The van der Waals surface area contributed by atoms with Crippen LogP contribution in [0.5, 0.6) is 0 Å². The van der Waals surface area contributed by atoms with Gasteiger partial charge in [0.2, 0.25) is 0 Å². The van der Waals surface area contributed by atoms with Crippen LogP contribution in [0.2, 0.25) is 0 Å². The summed E-state index contributed by atoms with van der Waals surface area (Å²) in [5.41, 5.74) is 1.74. The van der Waals surface area contributed by atoms with E-state index in [0.717, 1.165) is 17.2 Å². The molecule has 3 rings (SSSR count). The van der Waals surface area contributed by atoms with Gasteiger partial charge in [0.25, 0.3) is 0 Å². The molecule has 0 aliphatic carbocycles. The molecule has 0 fully saturated rings. The number of aromatic nitrogens is 2. The molecule has 3 nitrogen and oxygen atoms in total. The Morgan fingerprint density at radius 2 is 2.00 bits per heavy atom. The van der Waals surface area contributed by atoms with E-state index in [4.69, 9.17) is 5.02 Å². The molecular formula is C14H11BFN2OS. The van der Waals surface area contributed by atoms with E-state index in [-0.39, 0.29) is 5.82 Å². The van der Waals surface area contributed by atoms with Gasteiger partial charge in [-0.2, -0.15) is 0 Å². The fourth-order valence-electron chi connectivity index (χ4n) is 2.12. The lowest BCUT2D eigenvalue weighted by molar-refractivity contribution is 0.623. The summed E-state index contributed by atoms with van der Waals surface area (Å²) in [6.45, 7) is 1.69. The van der Waals surface area contributed by atoms with Gasteiger partial charge in [0.1, 0.15) is 11.5 Å². The number of halogens is 1. The minimum Gasteiger partial charge on any atom is -0.444 e. The molecule has 0 unspecified atom stereocenters. The molecule has 0 atom stereocenters. The molecular weight excluding hydrogens is 274 g/mol. The molecule has 1 aromatic carbocycles. The van der Waals surface area contributed by atoms with E-state index in [1.807, 2.05) is 35.0 Å². The van der Waals surface area contributed by atoms with Gasteiger partial charge >= 0.3 is 6.76 Å².